The lowest BCUT2D eigenvalue weighted by Crippen LogP contribution is -2.29. The first-order chi connectivity index (χ1) is 12.1. The summed E-state index contributed by atoms with van der Waals surface area (Å²) in [6.07, 6.45) is 1.17. The van der Waals surface area contributed by atoms with Crippen LogP contribution in [0.3, 0.4) is 0 Å². The second-order valence-electron chi connectivity index (χ2n) is 4.81. The Hall–Kier alpha value is -3.03. The first-order valence-corrected chi connectivity index (χ1v) is 7.78. The third-order valence-corrected chi connectivity index (χ3v) is 3.17. The summed E-state index contributed by atoms with van der Waals surface area (Å²) >= 11 is 0. The molecule has 1 aromatic carbocycles. The standard InChI is InChI=1S/C17H19N3O5/c1-4-24-15(21)12(16(22)25-5-2)10-18-14-11-8-6-7-9-13(11)19-17(20-14)23-3/h6-10,12H,4-5H2,1-3H3. The molecule has 0 saturated carbocycles. The highest BCUT2D eigenvalue weighted by atomic mass is 16.6. The van der Waals surface area contributed by atoms with Crippen LogP contribution in [0, 0.1) is 5.92 Å². The number of fused-ring (bicyclic) bond motifs is 1. The van der Waals surface area contributed by atoms with Crippen molar-refractivity contribution in [3.63, 3.8) is 0 Å². The van der Waals surface area contributed by atoms with Crippen LogP contribution in [0.2, 0.25) is 0 Å². The van der Waals surface area contributed by atoms with Crippen LogP contribution >= 0.6 is 0 Å². The Kier molecular flexibility index (Phi) is 6.39. The number of methoxy groups -OCH3 is 1. The van der Waals surface area contributed by atoms with Crippen molar-refractivity contribution in [3.8, 4) is 6.01 Å². The van der Waals surface area contributed by atoms with Gasteiger partial charge in [0.2, 0.25) is 0 Å². The van der Waals surface area contributed by atoms with E-state index in [1.54, 1.807) is 26.0 Å². The highest BCUT2D eigenvalue weighted by molar-refractivity contribution is 6.09. The van der Waals surface area contributed by atoms with Crippen molar-refractivity contribution in [3.05, 3.63) is 24.3 Å². The maximum absolute atomic E-state index is 12.0. The monoisotopic (exact) mass is 345 g/mol. The van der Waals surface area contributed by atoms with Crippen LogP contribution in [0.5, 0.6) is 6.01 Å². The van der Waals surface area contributed by atoms with Gasteiger partial charge in [0.25, 0.3) is 0 Å². The molecule has 0 aliphatic heterocycles. The Labute approximate surface area is 144 Å². The normalized spacial score (nSPS) is 11.0. The first kappa shape index (κ1) is 18.3. The molecular weight excluding hydrogens is 326 g/mol. The quantitative estimate of drug-likeness (QED) is 0.430. The molecule has 0 unspecified atom stereocenters. The maximum Gasteiger partial charge on any atom is 0.325 e. The summed E-state index contributed by atoms with van der Waals surface area (Å²) in [7, 11) is 1.44. The van der Waals surface area contributed by atoms with E-state index in [1.807, 2.05) is 12.1 Å². The molecule has 0 aliphatic carbocycles. The Bertz CT molecular complexity index is 773. The van der Waals surface area contributed by atoms with Crippen molar-refractivity contribution in [2.24, 2.45) is 10.9 Å². The molecule has 0 N–H and O–H groups in total. The molecule has 132 valence electrons. The van der Waals surface area contributed by atoms with Gasteiger partial charge in [-0.05, 0) is 26.0 Å². The molecule has 0 amide bonds. The van der Waals surface area contributed by atoms with Crippen LogP contribution < -0.4 is 4.74 Å². The molecule has 0 radical (unpaired) electrons. The lowest BCUT2D eigenvalue weighted by molar-refractivity contribution is -0.157. The average Bonchev–Trinajstić information content (AvgIpc) is 2.62. The summed E-state index contributed by atoms with van der Waals surface area (Å²) in [5, 5.41) is 0.658. The maximum atomic E-state index is 12.0. The Morgan fingerprint density at radius 3 is 2.36 bits per heavy atom. The number of carbonyl (C=O) groups is 2. The van der Waals surface area contributed by atoms with Gasteiger partial charge in [-0.25, -0.2) is 4.99 Å². The van der Waals surface area contributed by atoms with Crippen molar-refractivity contribution in [1.29, 1.82) is 0 Å². The van der Waals surface area contributed by atoms with Crippen LogP contribution in [0.15, 0.2) is 29.3 Å². The van der Waals surface area contributed by atoms with Gasteiger partial charge in [-0.1, -0.05) is 12.1 Å². The number of carbonyl (C=O) groups excluding carboxylic acids is 2. The van der Waals surface area contributed by atoms with Gasteiger partial charge in [-0.2, -0.15) is 9.97 Å². The van der Waals surface area contributed by atoms with Gasteiger partial charge in [-0.3, -0.25) is 9.59 Å². The zero-order valence-electron chi connectivity index (χ0n) is 14.3. The van der Waals surface area contributed by atoms with E-state index in [-0.39, 0.29) is 25.0 Å². The summed E-state index contributed by atoms with van der Waals surface area (Å²) in [5.74, 6) is -2.44. The number of nitrogens with zero attached hydrogens (tertiary/aromatic N) is 3. The molecule has 0 spiro atoms. The number of esters is 2. The summed E-state index contributed by atoms with van der Waals surface area (Å²) in [6, 6.07) is 7.33. The van der Waals surface area contributed by atoms with Crippen LogP contribution in [0.4, 0.5) is 5.82 Å². The molecule has 25 heavy (non-hydrogen) atoms. The fourth-order valence-corrected chi connectivity index (χ4v) is 2.06. The molecule has 1 aromatic heterocycles. The number of benzene rings is 1. The predicted octanol–water partition coefficient (Wildman–Crippen LogP) is 2.08. The van der Waals surface area contributed by atoms with Gasteiger partial charge in [0.1, 0.15) is 0 Å². The van der Waals surface area contributed by atoms with E-state index in [1.165, 1.54) is 13.3 Å². The van der Waals surface area contributed by atoms with Gasteiger partial charge in [0.05, 0.1) is 25.8 Å². The zero-order valence-corrected chi connectivity index (χ0v) is 14.3. The third kappa shape index (κ3) is 4.50. The third-order valence-electron chi connectivity index (χ3n) is 3.17. The molecule has 8 heteroatoms. The molecule has 0 aliphatic rings. The Balaban J connectivity index is 2.41. The van der Waals surface area contributed by atoms with E-state index in [9.17, 15) is 9.59 Å². The second kappa shape index (κ2) is 8.72. The SMILES string of the molecule is CCOC(=O)C(C=Nc1nc(OC)nc2ccccc12)C(=O)OCC. The van der Waals surface area contributed by atoms with Crippen LogP contribution in [0.1, 0.15) is 13.8 Å². The Morgan fingerprint density at radius 1 is 1.12 bits per heavy atom. The van der Waals surface area contributed by atoms with E-state index >= 15 is 0 Å². The van der Waals surface area contributed by atoms with Crippen molar-refractivity contribution < 1.29 is 23.8 Å². The minimum atomic E-state index is -1.26. The van der Waals surface area contributed by atoms with Crippen LogP contribution in [-0.2, 0) is 19.1 Å². The average molecular weight is 345 g/mol. The first-order valence-electron chi connectivity index (χ1n) is 7.78. The number of hydrogen-bond acceptors (Lipinski definition) is 8. The summed E-state index contributed by atoms with van der Waals surface area (Å²) < 4.78 is 14.9. The molecule has 0 atom stereocenters. The molecule has 0 fully saturated rings. The van der Waals surface area contributed by atoms with Gasteiger partial charge >= 0.3 is 17.9 Å². The zero-order chi connectivity index (χ0) is 18.2. The number of para-hydroxylation sites is 1. The predicted molar refractivity (Wildman–Crippen MR) is 91.0 cm³/mol. The van der Waals surface area contributed by atoms with Crippen molar-refractivity contribution in [1.82, 2.24) is 9.97 Å². The molecule has 2 rings (SSSR count). The largest absolute Gasteiger partial charge is 0.467 e. The number of ether oxygens (including phenoxy) is 3. The highest BCUT2D eigenvalue weighted by Gasteiger charge is 2.28. The van der Waals surface area contributed by atoms with E-state index in [4.69, 9.17) is 14.2 Å². The van der Waals surface area contributed by atoms with Gasteiger partial charge in [0.15, 0.2) is 11.7 Å². The molecular formula is C17H19N3O5. The number of hydrogen-bond donors (Lipinski definition) is 0. The van der Waals surface area contributed by atoms with Crippen LogP contribution in [0.25, 0.3) is 10.9 Å². The number of rotatable bonds is 7. The topological polar surface area (TPSA) is 100.0 Å². The summed E-state index contributed by atoms with van der Waals surface area (Å²) in [5.41, 5.74) is 0.630. The smallest absolute Gasteiger partial charge is 0.325 e. The lowest BCUT2D eigenvalue weighted by Gasteiger charge is -2.10. The lowest BCUT2D eigenvalue weighted by atomic mass is 10.1. The Morgan fingerprint density at radius 2 is 1.76 bits per heavy atom. The van der Waals surface area contributed by atoms with Gasteiger partial charge in [0, 0.05) is 11.6 Å². The van der Waals surface area contributed by atoms with Crippen molar-refractivity contribution in [2.75, 3.05) is 20.3 Å². The number of aromatic nitrogens is 2. The van der Waals surface area contributed by atoms with E-state index in [0.29, 0.717) is 10.9 Å². The van der Waals surface area contributed by atoms with E-state index in [0.717, 1.165) is 0 Å². The van der Waals surface area contributed by atoms with Crippen molar-refractivity contribution >= 4 is 34.9 Å². The summed E-state index contributed by atoms with van der Waals surface area (Å²) in [6.45, 7) is 3.60. The molecule has 8 nitrogen and oxygen atoms in total. The minimum absolute atomic E-state index is 0.134. The van der Waals surface area contributed by atoms with E-state index < -0.39 is 17.9 Å². The summed E-state index contributed by atoms with van der Waals surface area (Å²) in [4.78, 5) is 36.6. The van der Waals surface area contributed by atoms with Gasteiger partial charge < -0.3 is 14.2 Å². The fourth-order valence-electron chi connectivity index (χ4n) is 2.06. The van der Waals surface area contributed by atoms with Crippen LogP contribution in [-0.4, -0.2) is 48.4 Å². The van der Waals surface area contributed by atoms with E-state index in [2.05, 4.69) is 15.0 Å². The van der Waals surface area contributed by atoms with Gasteiger partial charge in [-0.15, -0.1) is 0 Å². The molecule has 0 saturated heterocycles. The second-order valence-corrected chi connectivity index (χ2v) is 4.81. The fraction of sp³-hybridized carbons (Fsp3) is 0.353. The number of aliphatic imine (C=N–C) groups is 1. The highest BCUT2D eigenvalue weighted by Crippen LogP contribution is 2.25. The molecule has 2 aromatic rings. The minimum Gasteiger partial charge on any atom is -0.467 e. The van der Waals surface area contributed by atoms with Crippen molar-refractivity contribution in [2.45, 2.75) is 13.8 Å². The molecule has 1 heterocycles. The molecule has 0 bridgehead atoms.